The first-order valence-electron chi connectivity index (χ1n) is 6.84. The van der Waals surface area contributed by atoms with Gasteiger partial charge >= 0.3 is 0 Å². The van der Waals surface area contributed by atoms with Gasteiger partial charge < -0.3 is 10.2 Å². The number of anilines is 1. The summed E-state index contributed by atoms with van der Waals surface area (Å²) in [5.74, 6) is 0. The molecule has 0 amide bonds. The van der Waals surface area contributed by atoms with Crippen LogP contribution in [0.3, 0.4) is 0 Å². The number of nitrogens with one attached hydrogen (secondary N) is 1. The molecule has 0 radical (unpaired) electrons. The van der Waals surface area contributed by atoms with Gasteiger partial charge in [0.2, 0.25) is 0 Å². The Kier molecular flexibility index (Phi) is 3.58. The van der Waals surface area contributed by atoms with Crippen molar-refractivity contribution in [2.75, 3.05) is 18.5 Å². The molecule has 0 saturated heterocycles. The van der Waals surface area contributed by atoms with E-state index in [0.717, 1.165) is 13.1 Å². The molecule has 1 N–H and O–H groups in total. The summed E-state index contributed by atoms with van der Waals surface area (Å²) in [4.78, 5) is 3.74. The van der Waals surface area contributed by atoms with Crippen LogP contribution in [0.5, 0.6) is 0 Å². The number of thiophene rings is 1. The van der Waals surface area contributed by atoms with Crippen molar-refractivity contribution in [3.63, 3.8) is 0 Å². The summed E-state index contributed by atoms with van der Waals surface area (Å²) in [7, 11) is 2.17. The molecule has 1 aliphatic heterocycles. The van der Waals surface area contributed by atoms with E-state index in [1.165, 1.54) is 28.1 Å². The number of rotatable bonds is 4. The van der Waals surface area contributed by atoms with Crippen LogP contribution in [0.1, 0.15) is 29.0 Å². The zero-order chi connectivity index (χ0) is 13.2. The van der Waals surface area contributed by atoms with E-state index in [2.05, 4.69) is 59.9 Å². The highest BCUT2D eigenvalue weighted by Gasteiger charge is 2.15. The first kappa shape index (κ1) is 12.7. The molecule has 19 heavy (non-hydrogen) atoms. The van der Waals surface area contributed by atoms with Crippen LogP contribution in [-0.4, -0.2) is 13.6 Å². The highest BCUT2D eigenvalue weighted by atomic mass is 32.1. The molecule has 0 spiro atoms. The van der Waals surface area contributed by atoms with Gasteiger partial charge in [0.1, 0.15) is 0 Å². The molecular formula is C16H20N2S. The fraction of sp³-hybridized carbons (Fsp3) is 0.375. The molecule has 0 aliphatic carbocycles. The predicted molar refractivity (Wildman–Crippen MR) is 83.0 cm³/mol. The second-order valence-electron chi connectivity index (χ2n) is 5.25. The summed E-state index contributed by atoms with van der Waals surface area (Å²) in [6.45, 7) is 4.32. The van der Waals surface area contributed by atoms with Crippen molar-refractivity contribution in [1.29, 1.82) is 0 Å². The number of hydrogen-bond acceptors (Lipinski definition) is 3. The third-order valence-electron chi connectivity index (χ3n) is 3.85. The maximum atomic E-state index is 3.60. The Balaban J connectivity index is 1.65. The zero-order valence-electron chi connectivity index (χ0n) is 11.5. The fourth-order valence-corrected chi connectivity index (χ4v) is 3.40. The van der Waals surface area contributed by atoms with E-state index in [1.807, 2.05) is 11.3 Å². The van der Waals surface area contributed by atoms with Gasteiger partial charge in [-0.25, -0.2) is 0 Å². The Labute approximate surface area is 119 Å². The van der Waals surface area contributed by atoms with Gasteiger partial charge in [-0.1, -0.05) is 18.2 Å². The Bertz CT molecular complexity index is 548. The van der Waals surface area contributed by atoms with E-state index in [0.29, 0.717) is 6.04 Å². The minimum atomic E-state index is 0.427. The van der Waals surface area contributed by atoms with Gasteiger partial charge in [-0.2, -0.15) is 0 Å². The molecule has 0 unspecified atom stereocenters. The maximum absolute atomic E-state index is 3.60. The molecule has 1 aromatic heterocycles. The Morgan fingerprint density at radius 3 is 3.05 bits per heavy atom. The lowest BCUT2D eigenvalue weighted by molar-refractivity contribution is 0.583. The van der Waals surface area contributed by atoms with Crippen LogP contribution < -0.4 is 10.2 Å². The third-order valence-corrected chi connectivity index (χ3v) is 4.91. The Morgan fingerprint density at radius 1 is 1.37 bits per heavy atom. The fourth-order valence-electron chi connectivity index (χ4n) is 2.64. The van der Waals surface area contributed by atoms with Gasteiger partial charge in [-0.15, -0.1) is 11.3 Å². The summed E-state index contributed by atoms with van der Waals surface area (Å²) in [6.07, 6.45) is 1.18. The number of nitrogens with zero attached hydrogens (tertiary/aromatic N) is 1. The summed E-state index contributed by atoms with van der Waals surface area (Å²) in [6, 6.07) is 11.6. The number of benzene rings is 1. The van der Waals surface area contributed by atoms with E-state index in [-0.39, 0.29) is 0 Å². The molecule has 3 heteroatoms. The predicted octanol–water partition coefficient (Wildman–Crippen LogP) is 3.59. The highest BCUT2D eigenvalue weighted by Crippen LogP contribution is 2.27. The molecule has 0 fully saturated rings. The third kappa shape index (κ3) is 2.67. The van der Waals surface area contributed by atoms with Gasteiger partial charge in [-0.3, -0.25) is 0 Å². The van der Waals surface area contributed by atoms with Crippen LogP contribution in [-0.2, 0) is 13.0 Å². The monoisotopic (exact) mass is 272 g/mol. The highest BCUT2D eigenvalue weighted by molar-refractivity contribution is 7.10. The summed E-state index contributed by atoms with van der Waals surface area (Å²) >= 11 is 1.82. The standard InChI is InChI=1S/C16H20N2S/c1-12(16-4-3-9-19-16)17-11-13-5-6-15-14(10-13)7-8-18(15)2/h3-6,9-10,12,17H,7-8,11H2,1-2H3/t12-/m1/s1. The van der Waals surface area contributed by atoms with Gasteiger partial charge in [0.25, 0.3) is 0 Å². The van der Waals surface area contributed by atoms with Gasteiger partial charge in [0.05, 0.1) is 0 Å². The summed E-state index contributed by atoms with van der Waals surface area (Å²) < 4.78 is 0. The first-order valence-corrected chi connectivity index (χ1v) is 7.72. The molecule has 0 bridgehead atoms. The molecule has 100 valence electrons. The average Bonchev–Trinajstić information content (AvgIpc) is 3.06. The normalized spacial score (nSPS) is 15.6. The topological polar surface area (TPSA) is 15.3 Å². The minimum absolute atomic E-state index is 0.427. The lowest BCUT2D eigenvalue weighted by Crippen LogP contribution is -2.17. The Hall–Kier alpha value is -1.32. The van der Waals surface area contributed by atoms with Crippen molar-refractivity contribution >= 4 is 17.0 Å². The van der Waals surface area contributed by atoms with Crippen LogP contribution in [0.2, 0.25) is 0 Å². The van der Waals surface area contributed by atoms with E-state index in [4.69, 9.17) is 0 Å². The van der Waals surface area contributed by atoms with E-state index < -0.39 is 0 Å². The van der Waals surface area contributed by atoms with Gasteiger partial charge in [0, 0.05) is 36.7 Å². The smallest absolute Gasteiger partial charge is 0.0397 e. The van der Waals surface area contributed by atoms with E-state index in [9.17, 15) is 0 Å². The van der Waals surface area contributed by atoms with Crippen molar-refractivity contribution in [3.8, 4) is 0 Å². The van der Waals surface area contributed by atoms with Crippen molar-refractivity contribution in [1.82, 2.24) is 5.32 Å². The molecule has 1 atom stereocenters. The average molecular weight is 272 g/mol. The second kappa shape index (κ2) is 5.35. The molecule has 0 saturated carbocycles. The molecule has 2 aromatic rings. The van der Waals surface area contributed by atoms with Crippen LogP contribution >= 0.6 is 11.3 Å². The van der Waals surface area contributed by atoms with Crippen molar-refractivity contribution in [2.45, 2.75) is 25.9 Å². The largest absolute Gasteiger partial charge is 0.374 e. The minimum Gasteiger partial charge on any atom is -0.374 e. The van der Waals surface area contributed by atoms with Gasteiger partial charge in [0.15, 0.2) is 0 Å². The molecule has 2 nitrogen and oxygen atoms in total. The van der Waals surface area contributed by atoms with Crippen LogP contribution in [0, 0.1) is 0 Å². The second-order valence-corrected chi connectivity index (χ2v) is 6.23. The quantitative estimate of drug-likeness (QED) is 0.915. The van der Waals surface area contributed by atoms with E-state index in [1.54, 1.807) is 0 Å². The van der Waals surface area contributed by atoms with Gasteiger partial charge in [-0.05, 0) is 42.0 Å². The molecular weight excluding hydrogens is 252 g/mol. The number of likely N-dealkylation sites (N-methyl/N-ethyl adjacent to an activating group) is 1. The number of fused-ring (bicyclic) bond motifs is 1. The molecule has 2 heterocycles. The SMILES string of the molecule is C[C@@H](NCc1ccc2c(c1)CCN2C)c1cccs1. The van der Waals surface area contributed by atoms with Crippen LogP contribution in [0.4, 0.5) is 5.69 Å². The van der Waals surface area contributed by atoms with Crippen LogP contribution in [0.15, 0.2) is 35.7 Å². The van der Waals surface area contributed by atoms with Crippen molar-refractivity contribution < 1.29 is 0 Å². The first-order chi connectivity index (χ1) is 9.24. The lowest BCUT2D eigenvalue weighted by atomic mass is 10.1. The molecule has 3 rings (SSSR count). The van der Waals surface area contributed by atoms with Crippen molar-refractivity contribution in [3.05, 3.63) is 51.7 Å². The zero-order valence-corrected chi connectivity index (χ0v) is 12.3. The number of hydrogen-bond donors (Lipinski definition) is 1. The van der Waals surface area contributed by atoms with Crippen molar-refractivity contribution in [2.24, 2.45) is 0 Å². The molecule has 1 aliphatic rings. The van der Waals surface area contributed by atoms with E-state index >= 15 is 0 Å². The molecule has 1 aromatic carbocycles. The lowest BCUT2D eigenvalue weighted by Gasteiger charge is -2.14. The Morgan fingerprint density at radius 2 is 2.26 bits per heavy atom. The van der Waals surface area contributed by atoms with Crippen LogP contribution in [0.25, 0.3) is 0 Å². The summed E-state index contributed by atoms with van der Waals surface area (Å²) in [5.41, 5.74) is 4.28. The maximum Gasteiger partial charge on any atom is 0.0397 e. The summed E-state index contributed by atoms with van der Waals surface area (Å²) in [5, 5.41) is 5.74.